The summed E-state index contributed by atoms with van der Waals surface area (Å²) >= 11 is 0. The maximum absolute atomic E-state index is 11.4. The second-order valence-electron chi connectivity index (χ2n) is 4.09. The van der Waals surface area contributed by atoms with E-state index in [1.165, 1.54) is 0 Å². The standard InChI is InChI=1S/C9H19N3O/c1-7(10)8(13)12-9(2)3-5-11-6-4-9/h7,11H,3-6,10H2,1-2H3,(H,12,13). The van der Waals surface area contributed by atoms with Crippen molar-refractivity contribution >= 4 is 5.91 Å². The molecule has 1 atom stereocenters. The third kappa shape index (κ3) is 2.97. The highest BCUT2D eigenvalue weighted by Gasteiger charge is 2.28. The first-order chi connectivity index (χ1) is 6.03. The summed E-state index contributed by atoms with van der Waals surface area (Å²) < 4.78 is 0. The van der Waals surface area contributed by atoms with Crippen molar-refractivity contribution in [3.63, 3.8) is 0 Å². The van der Waals surface area contributed by atoms with E-state index in [0.29, 0.717) is 0 Å². The van der Waals surface area contributed by atoms with Gasteiger partial charge in [-0.2, -0.15) is 0 Å². The fourth-order valence-corrected chi connectivity index (χ4v) is 1.51. The Morgan fingerprint density at radius 2 is 2.08 bits per heavy atom. The molecule has 0 bridgehead atoms. The van der Waals surface area contributed by atoms with Crippen LogP contribution >= 0.6 is 0 Å². The SMILES string of the molecule is CC(N)C(=O)NC1(C)CCNCC1. The number of carbonyl (C=O) groups is 1. The molecule has 13 heavy (non-hydrogen) atoms. The molecule has 1 heterocycles. The van der Waals surface area contributed by atoms with Crippen LogP contribution in [0.1, 0.15) is 26.7 Å². The van der Waals surface area contributed by atoms with Gasteiger partial charge in [0.2, 0.25) is 5.91 Å². The van der Waals surface area contributed by atoms with E-state index in [2.05, 4.69) is 17.6 Å². The molecule has 4 N–H and O–H groups in total. The number of piperidine rings is 1. The Kier molecular flexibility index (Phi) is 3.27. The van der Waals surface area contributed by atoms with E-state index in [9.17, 15) is 4.79 Å². The summed E-state index contributed by atoms with van der Waals surface area (Å²) in [5.74, 6) is -0.0515. The Labute approximate surface area is 79.3 Å². The van der Waals surface area contributed by atoms with Crippen LogP contribution in [0.5, 0.6) is 0 Å². The lowest BCUT2D eigenvalue weighted by molar-refractivity contribution is -0.124. The van der Waals surface area contributed by atoms with Gasteiger partial charge in [0.1, 0.15) is 0 Å². The van der Waals surface area contributed by atoms with Gasteiger partial charge < -0.3 is 16.4 Å². The van der Waals surface area contributed by atoms with Crippen LogP contribution in [0.25, 0.3) is 0 Å². The number of carbonyl (C=O) groups excluding carboxylic acids is 1. The topological polar surface area (TPSA) is 67.2 Å². The van der Waals surface area contributed by atoms with Gasteiger partial charge in [-0.1, -0.05) is 0 Å². The molecule has 0 aromatic heterocycles. The van der Waals surface area contributed by atoms with Crippen LogP contribution in [0.4, 0.5) is 0 Å². The summed E-state index contributed by atoms with van der Waals surface area (Å²) in [6.07, 6.45) is 1.96. The lowest BCUT2D eigenvalue weighted by atomic mass is 9.90. The summed E-state index contributed by atoms with van der Waals surface area (Å²) in [6, 6.07) is -0.410. The zero-order valence-electron chi connectivity index (χ0n) is 8.39. The van der Waals surface area contributed by atoms with Crippen molar-refractivity contribution in [1.82, 2.24) is 10.6 Å². The van der Waals surface area contributed by atoms with E-state index in [-0.39, 0.29) is 11.4 Å². The van der Waals surface area contributed by atoms with Crippen LogP contribution in [-0.2, 0) is 4.79 Å². The van der Waals surface area contributed by atoms with E-state index >= 15 is 0 Å². The monoisotopic (exact) mass is 185 g/mol. The largest absolute Gasteiger partial charge is 0.350 e. The molecule has 0 saturated carbocycles. The van der Waals surface area contributed by atoms with Gasteiger partial charge >= 0.3 is 0 Å². The zero-order chi connectivity index (χ0) is 9.90. The van der Waals surface area contributed by atoms with Crippen molar-refractivity contribution in [3.05, 3.63) is 0 Å². The van der Waals surface area contributed by atoms with Gasteiger partial charge in [0.15, 0.2) is 0 Å². The van der Waals surface area contributed by atoms with Crippen LogP contribution < -0.4 is 16.4 Å². The highest BCUT2D eigenvalue weighted by Crippen LogP contribution is 2.16. The maximum atomic E-state index is 11.4. The third-order valence-corrected chi connectivity index (χ3v) is 2.55. The van der Waals surface area contributed by atoms with Crippen LogP contribution in [0.2, 0.25) is 0 Å². The summed E-state index contributed by atoms with van der Waals surface area (Å²) in [4.78, 5) is 11.4. The van der Waals surface area contributed by atoms with Crippen molar-refractivity contribution in [2.75, 3.05) is 13.1 Å². The first kappa shape index (κ1) is 10.5. The molecule has 1 aliphatic heterocycles. The molecule has 0 spiro atoms. The zero-order valence-corrected chi connectivity index (χ0v) is 8.39. The predicted octanol–water partition coefficient (Wildman–Crippen LogP) is -0.408. The second-order valence-corrected chi connectivity index (χ2v) is 4.09. The Hall–Kier alpha value is -0.610. The van der Waals surface area contributed by atoms with Crippen molar-refractivity contribution in [2.45, 2.75) is 38.3 Å². The van der Waals surface area contributed by atoms with Crippen LogP contribution in [0, 0.1) is 0 Å². The molecule has 1 rings (SSSR count). The van der Waals surface area contributed by atoms with Gasteiger partial charge in [-0.15, -0.1) is 0 Å². The first-order valence-corrected chi connectivity index (χ1v) is 4.82. The van der Waals surface area contributed by atoms with Gasteiger partial charge in [0.05, 0.1) is 6.04 Å². The van der Waals surface area contributed by atoms with Gasteiger partial charge in [-0.25, -0.2) is 0 Å². The number of nitrogens with one attached hydrogen (secondary N) is 2. The molecule has 0 radical (unpaired) electrons. The normalized spacial score (nSPS) is 23.6. The molecular weight excluding hydrogens is 166 g/mol. The third-order valence-electron chi connectivity index (χ3n) is 2.55. The van der Waals surface area contributed by atoms with Crippen molar-refractivity contribution in [2.24, 2.45) is 5.73 Å². The van der Waals surface area contributed by atoms with Gasteiger partial charge in [0, 0.05) is 5.54 Å². The Morgan fingerprint density at radius 3 is 2.54 bits per heavy atom. The van der Waals surface area contributed by atoms with Crippen LogP contribution in [-0.4, -0.2) is 30.6 Å². The molecule has 4 nitrogen and oxygen atoms in total. The van der Waals surface area contributed by atoms with E-state index in [4.69, 9.17) is 5.73 Å². The molecule has 1 unspecified atom stereocenters. The molecule has 1 amide bonds. The smallest absolute Gasteiger partial charge is 0.237 e. The van der Waals surface area contributed by atoms with E-state index < -0.39 is 6.04 Å². The fourth-order valence-electron chi connectivity index (χ4n) is 1.51. The minimum absolute atomic E-state index is 0.0515. The quantitative estimate of drug-likeness (QED) is 0.548. The van der Waals surface area contributed by atoms with E-state index in [1.54, 1.807) is 6.92 Å². The molecule has 0 aromatic carbocycles. The van der Waals surface area contributed by atoms with Gasteiger partial charge in [0.25, 0.3) is 0 Å². The van der Waals surface area contributed by atoms with Crippen LogP contribution in [0.15, 0.2) is 0 Å². The number of hydrogen-bond acceptors (Lipinski definition) is 3. The molecule has 1 aliphatic rings. The summed E-state index contributed by atoms with van der Waals surface area (Å²) in [5, 5.41) is 6.25. The van der Waals surface area contributed by atoms with Crippen molar-refractivity contribution in [1.29, 1.82) is 0 Å². The number of nitrogens with two attached hydrogens (primary N) is 1. The minimum Gasteiger partial charge on any atom is -0.350 e. The number of rotatable bonds is 2. The average molecular weight is 185 g/mol. The number of hydrogen-bond donors (Lipinski definition) is 3. The highest BCUT2D eigenvalue weighted by atomic mass is 16.2. The lowest BCUT2D eigenvalue weighted by Gasteiger charge is -2.35. The number of amides is 1. The molecule has 0 aliphatic carbocycles. The van der Waals surface area contributed by atoms with E-state index in [0.717, 1.165) is 25.9 Å². The lowest BCUT2D eigenvalue weighted by Crippen LogP contribution is -2.55. The predicted molar refractivity (Wildman–Crippen MR) is 52.3 cm³/mol. The van der Waals surface area contributed by atoms with E-state index in [1.807, 2.05) is 0 Å². The Balaban J connectivity index is 2.45. The van der Waals surface area contributed by atoms with Crippen molar-refractivity contribution < 1.29 is 4.79 Å². The Bertz CT molecular complexity index is 185. The molecule has 1 saturated heterocycles. The average Bonchev–Trinajstić information content (AvgIpc) is 2.04. The molecular formula is C9H19N3O. The summed E-state index contributed by atoms with van der Waals surface area (Å²) in [5.41, 5.74) is 5.42. The highest BCUT2D eigenvalue weighted by molar-refractivity contribution is 5.81. The molecule has 4 heteroatoms. The maximum Gasteiger partial charge on any atom is 0.237 e. The second kappa shape index (κ2) is 4.07. The van der Waals surface area contributed by atoms with Gasteiger partial charge in [-0.05, 0) is 39.8 Å². The molecule has 0 aromatic rings. The van der Waals surface area contributed by atoms with Crippen molar-refractivity contribution in [3.8, 4) is 0 Å². The summed E-state index contributed by atoms with van der Waals surface area (Å²) in [7, 11) is 0. The van der Waals surface area contributed by atoms with Gasteiger partial charge in [-0.3, -0.25) is 4.79 Å². The fraction of sp³-hybridized carbons (Fsp3) is 0.889. The first-order valence-electron chi connectivity index (χ1n) is 4.82. The Morgan fingerprint density at radius 1 is 1.54 bits per heavy atom. The molecule has 1 fully saturated rings. The summed E-state index contributed by atoms with van der Waals surface area (Å²) in [6.45, 7) is 5.72. The minimum atomic E-state index is -0.410. The molecule has 76 valence electrons. The van der Waals surface area contributed by atoms with Crippen LogP contribution in [0.3, 0.4) is 0 Å².